The summed E-state index contributed by atoms with van der Waals surface area (Å²) < 4.78 is 0. The van der Waals surface area contributed by atoms with Crippen LogP contribution < -0.4 is 0 Å². The predicted molar refractivity (Wildman–Crippen MR) is 33.4 cm³/mol. The normalized spacial score (nSPS) is 6.00. The number of nitrogens with zero attached hydrogens (tertiary/aromatic N) is 1. The molecule has 8 heavy (non-hydrogen) atoms. The smallest absolute Gasteiger partial charge is 0 e. The van der Waals surface area contributed by atoms with Crippen molar-refractivity contribution in [2.45, 2.75) is 0 Å². The van der Waals surface area contributed by atoms with Crippen LogP contribution in [0.3, 0.4) is 0 Å². The first-order valence-corrected chi connectivity index (χ1v) is 1.77. The maximum atomic E-state index is 3.66. The molecule has 0 aromatic carbocycles. The van der Waals surface area contributed by atoms with Crippen LogP contribution in [0.25, 0.3) is 0 Å². The molecule has 1 aromatic rings. The van der Waals surface area contributed by atoms with E-state index in [0.717, 1.165) is 0 Å². The topological polar surface area (TPSA) is 12.9 Å². The number of halogens is 1. The Labute approximate surface area is 72.0 Å². The van der Waals surface area contributed by atoms with Gasteiger partial charge in [-0.15, -0.1) is 17.0 Å². The fraction of sp³-hybridized carbons (Fsp3) is 0. The Bertz CT molecular complexity index is 84.4. The van der Waals surface area contributed by atoms with Crippen LogP contribution in [0.1, 0.15) is 0 Å². The molecule has 40 valence electrons. The molecular formula is C5H5BrNZn-. The Balaban J connectivity index is 0. The van der Waals surface area contributed by atoms with E-state index in [4.69, 9.17) is 0 Å². The van der Waals surface area contributed by atoms with Crippen LogP contribution in [0.2, 0.25) is 0 Å². The van der Waals surface area contributed by atoms with E-state index in [1.54, 1.807) is 12.3 Å². The molecule has 0 saturated carbocycles. The molecule has 0 aliphatic rings. The number of aromatic nitrogens is 1. The quantitative estimate of drug-likeness (QED) is 0.480. The Morgan fingerprint density at radius 1 is 1.25 bits per heavy atom. The molecule has 1 rings (SSSR count). The second-order valence-corrected chi connectivity index (χ2v) is 0.959. The van der Waals surface area contributed by atoms with Gasteiger partial charge in [-0.05, 0) is 0 Å². The summed E-state index contributed by atoms with van der Waals surface area (Å²) in [5.74, 6) is 0. The monoisotopic (exact) mass is 222 g/mol. The molecule has 0 fully saturated rings. The summed E-state index contributed by atoms with van der Waals surface area (Å²) in [6.07, 6.45) is 4.34. The number of hydrogen-bond donors (Lipinski definition) is 0. The fourth-order valence-electron chi connectivity index (χ4n) is 0.277. The molecule has 0 bridgehead atoms. The van der Waals surface area contributed by atoms with Gasteiger partial charge in [0.1, 0.15) is 0 Å². The standard InChI is InChI=1S/C5H4N.BrH.Zn/c1-2-4-6-5-3-1;;/h1-4H;1H;/q-1;;. The van der Waals surface area contributed by atoms with Gasteiger partial charge in [-0.3, -0.25) is 0 Å². The first kappa shape index (κ1) is 11.1. The zero-order valence-electron chi connectivity index (χ0n) is 4.37. The second kappa shape index (κ2) is 7.25. The molecule has 0 radical (unpaired) electrons. The molecule has 0 amide bonds. The third-order valence-corrected chi connectivity index (χ3v) is 0.517. The molecule has 0 spiro atoms. The van der Waals surface area contributed by atoms with Crippen molar-refractivity contribution in [2.75, 3.05) is 0 Å². The van der Waals surface area contributed by atoms with Gasteiger partial charge in [-0.25, -0.2) is 0 Å². The van der Waals surface area contributed by atoms with Gasteiger partial charge in [0.25, 0.3) is 0 Å². The van der Waals surface area contributed by atoms with E-state index < -0.39 is 0 Å². The van der Waals surface area contributed by atoms with Gasteiger partial charge in [0.05, 0.1) is 0 Å². The van der Waals surface area contributed by atoms with Crippen molar-refractivity contribution in [1.29, 1.82) is 0 Å². The van der Waals surface area contributed by atoms with E-state index >= 15 is 0 Å². The zero-order chi connectivity index (χ0) is 4.24. The van der Waals surface area contributed by atoms with Crippen LogP contribution in [-0.4, -0.2) is 4.98 Å². The van der Waals surface area contributed by atoms with Crippen molar-refractivity contribution in [3.05, 3.63) is 30.6 Å². The average molecular weight is 224 g/mol. The van der Waals surface area contributed by atoms with Crippen LogP contribution in [0.15, 0.2) is 24.4 Å². The molecular weight excluding hydrogens is 219 g/mol. The van der Waals surface area contributed by atoms with Gasteiger partial charge in [0, 0.05) is 19.5 Å². The van der Waals surface area contributed by atoms with Crippen molar-refractivity contribution in [1.82, 2.24) is 4.98 Å². The van der Waals surface area contributed by atoms with Gasteiger partial charge < -0.3 is 4.98 Å². The molecule has 0 aliphatic carbocycles. The van der Waals surface area contributed by atoms with Crippen LogP contribution >= 0.6 is 17.0 Å². The van der Waals surface area contributed by atoms with Crippen LogP contribution in [0, 0.1) is 6.20 Å². The zero-order valence-corrected chi connectivity index (χ0v) is 9.05. The third kappa shape index (κ3) is 4.41. The summed E-state index contributed by atoms with van der Waals surface area (Å²) in [6.45, 7) is 0. The maximum Gasteiger partial charge on any atom is 0 e. The van der Waals surface area contributed by atoms with Crippen LogP contribution in [0.5, 0.6) is 0 Å². The van der Waals surface area contributed by atoms with E-state index in [1.165, 1.54) is 0 Å². The number of rotatable bonds is 0. The molecule has 0 N–H and O–H groups in total. The summed E-state index contributed by atoms with van der Waals surface area (Å²) in [5, 5.41) is 0. The minimum Gasteiger partial charge on any atom is -0.394 e. The maximum absolute atomic E-state index is 3.66. The molecule has 0 aliphatic heterocycles. The molecule has 0 saturated heterocycles. The van der Waals surface area contributed by atoms with Crippen LogP contribution in [-0.2, 0) is 19.5 Å². The molecule has 1 nitrogen and oxygen atoms in total. The van der Waals surface area contributed by atoms with E-state index in [-0.39, 0.29) is 36.5 Å². The van der Waals surface area contributed by atoms with Crippen molar-refractivity contribution >= 4 is 17.0 Å². The minimum atomic E-state index is 0. The van der Waals surface area contributed by atoms with Crippen LogP contribution in [0.4, 0.5) is 0 Å². The minimum absolute atomic E-state index is 0. The summed E-state index contributed by atoms with van der Waals surface area (Å²) in [4.78, 5) is 3.66. The number of hydrogen-bond acceptors (Lipinski definition) is 1. The first-order chi connectivity index (χ1) is 3.00. The number of pyridine rings is 1. The molecule has 3 heteroatoms. The summed E-state index contributed by atoms with van der Waals surface area (Å²) in [6, 6.07) is 5.50. The SMILES string of the molecule is Br.[Zn].[c-]1ccccn1. The van der Waals surface area contributed by atoms with E-state index in [1.807, 2.05) is 12.1 Å². The van der Waals surface area contributed by atoms with E-state index in [0.29, 0.717) is 0 Å². The van der Waals surface area contributed by atoms with Crippen molar-refractivity contribution < 1.29 is 19.5 Å². The van der Waals surface area contributed by atoms with Gasteiger partial charge in [0.15, 0.2) is 0 Å². The Morgan fingerprint density at radius 3 is 2.12 bits per heavy atom. The van der Waals surface area contributed by atoms with Crippen molar-refractivity contribution in [2.24, 2.45) is 0 Å². The summed E-state index contributed by atoms with van der Waals surface area (Å²) in [5.41, 5.74) is 0. The molecule has 0 unspecified atom stereocenters. The predicted octanol–water partition coefficient (Wildman–Crippen LogP) is 1.46. The Kier molecular flexibility index (Phi) is 10.1. The molecule has 1 heterocycles. The van der Waals surface area contributed by atoms with Crippen molar-refractivity contribution in [3.63, 3.8) is 0 Å². The summed E-state index contributed by atoms with van der Waals surface area (Å²) >= 11 is 0. The summed E-state index contributed by atoms with van der Waals surface area (Å²) in [7, 11) is 0. The Morgan fingerprint density at radius 2 is 2.00 bits per heavy atom. The van der Waals surface area contributed by atoms with Gasteiger partial charge in [-0.1, -0.05) is 12.4 Å². The second-order valence-electron chi connectivity index (χ2n) is 0.959. The Hall–Kier alpha value is 0.253. The third-order valence-electron chi connectivity index (χ3n) is 0.517. The van der Waals surface area contributed by atoms with Gasteiger partial charge in [-0.2, -0.15) is 18.2 Å². The van der Waals surface area contributed by atoms with Gasteiger partial charge >= 0.3 is 0 Å². The van der Waals surface area contributed by atoms with E-state index in [2.05, 4.69) is 11.2 Å². The first-order valence-electron chi connectivity index (χ1n) is 1.77. The van der Waals surface area contributed by atoms with Gasteiger partial charge in [0.2, 0.25) is 0 Å². The molecule has 1 aromatic heterocycles. The van der Waals surface area contributed by atoms with Crippen molar-refractivity contribution in [3.8, 4) is 0 Å². The largest absolute Gasteiger partial charge is 0.394 e. The fourth-order valence-corrected chi connectivity index (χ4v) is 0.277. The average Bonchev–Trinajstić information content (AvgIpc) is 1.72. The molecule has 0 atom stereocenters. The van der Waals surface area contributed by atoms with E-state index in [9.17, 15) is 0 Å².